The van der Waals surface area contributed by atoms with Crippen molar-refractivity contribution in [3.63, 3.8) is 0 Å². The molecule has 4 heteroatoms. The van der Waals surface area contributed by atoms with Crippen LogP contribution < -0.4 is 9.80 Å². The minimum absolute atomic E-state index is 0.305. The van der Waals surface area contributed by atoms with Crippen molar-refractivity contribution < 1.29 is 9.59 Å². The molecule has 0 N–H and O–H groups in total. The first-order chi connectivity index (χ1) is 28.9. The van der Waals surface area contributed by atoms with Gasteiger partial charge in [0.15, 0.2) is 0 Å². The summed E-state index contributed by atoms with van der Waals surface area (Å²) in [6.45, 7) is 4.29. The fraction of sp³-hybridized carbons (Fsp3) is 0.0545. The summed E-state index contributed by atoms with van der Waals surface area (Å²) in [5.41, 5.74) is 17.9. The molecule has 278 valence electrons. The SMILES string of the molecule is Cc1cc(N2c3ccccc3C3(c4ccccc4-c4ccccc43)c3ccccc32)cc(C)c1C#Cc1ccc(-c2ccccc2N2C(=O)c3ccccc3C2=O)cc1. The molecule has 0 aromatic heterocycles. The average molecular weight is 757 g/mol. The normalized spacial score (nSPS) is 13.9. The Labute approximate surface area is 343 Å². The number of amides is 2. The van der Waals surface area contributed by atoms with E-state index in [1.807, 2.05) is 48.5 Å². The molecule has 4 nitrogen and oxygen atoms in total. The molecule has 0 fully saturated rings. The first kappa shape index (κ1) is 34.5. The second-order valence-electron chi connectivity index (χ2n) is 15.5. The van der Waals surface area contributed by atoms with Crippen LogP contribution in [0.4, 0.5) is 22.7 Å². The molecular weight excluding hydrogens is 721 g/mol. The highest BCUT2D eigenvalue weighted by molar-refractivity contribution is 6.35. The fourth-order valence-electron chi connectivity index (χ4n) is 9.80. The van der Waals surface area contributed by atoms with Gasteiger partial charge in [0.2, 0.25) is 0 Å². The maximum absolute atomic E-state index is 13.4. The van der Waals surface area contributed by atoms with Crippen LogP contribution in [0.2, 0.25) is 0 Å². The van der Waals surface area contributed by atoms with Gasteiger partial charge in [0.05, 0.1) is 33.6 Å². The van der Waals surface area contributed by atoms with Crippen LogP contribution in [0.25, 0.3) is 22.3 Å². The van der Waals surface area contributed by atoms with Crippen LogP contribution >= 0.6 is 0 Å². The highest BCUT2D eigenvalue weighted by Gasteiger charge is 2.51. The summed E-state index contributed by atoms with van der Waals surface area (Å²) in [6.07, 6.45) is 0. The van der Waals surface area contributed by atoms with Gasteiger partial charge in [-0.25, -0.2) is 4.90 Å². The predicted octanol–water partition coefficient (Wildman–Crippen LogP) is 12.3. The lowest BCUT2D eigenvalue weighted by Crippen LogP contribution is -2.36. The van der Waals surface area contributed by atoms with Crippen molar-refractivity contribution in [2.45, 2.75) is 19.3 Å². The number of carbonyl (C=O) groups excluding carboxylic acids is 2. The van der Waals surface area contributed by atoms with Gasteiger partial charge in [-0.15, -0.1) is 0 Å². The Bertz CT molecular complexity index is 2990. The van der Waals surface area contributed by atoms with Gasteiger partial charge in [0.25, 0.3) is 11.8 Å². The topological polar surface area (TPSA) is 40.6 Å². The van der Waals surface area contributed by atoms with Crippen molar-refractivity contribution in [1.82, 2.24) is 0 Å². The van der Waals surface area contributed by atoms with Crippen molar-refractivity contribution >= 4 is 34.6 Å². The van der Waals surface area contributed by atoms with E-state index in [-0.39, 0.29) is 11.8 Å². The molecule has 0 saturated carbocycles. The smallest absolute Gasteiger partial charge is 0.266 e. The Kier molecular flexibility index (Phi) is 7.70. The van der Waals surface area contributed by atoms with Crippen molar-refractivity contribution in [1.29, 1.82) is 0 Å². The fourth-order valence-corrected chi connectivity index (χ4v) is 9.80. The molecule has 59 heavy (non-hydrogen) atoms. The van der Waals surface area contributed by atoms with Gasteiger partial charge in [-0.1, -0.05) is 139 Å². The summed E-state index contributed by atoms with van der Waals surface area (Å²) >= 11 is 0. The number of imide groups is 1. The summed E-state index contributed by atoms with van der Waals surface area (Å²) in [4.78, 5) is 30.4. The molecule has 8 aromatic rings. The molecule has 2 aliphatic heterocycles. The zero-order chi connectivity index (χ0) is 39.8. The van der Waals surface area contributed by atoms with Crippen molar-refractivity contribution in [2.24, 2.45) is 0 Å². The molecule has 0 saturated heterocycles. The monoisotopic (exact) mass is 756 g/mol. The van der Waals surface area contributed by atoms with Gasteiger partial charge >= 0.3 is 0 Å². The number of anilines is 4. The maximum Gasteiger partial charge on any atom is 0.266 e. The molecule has 0 unspecified atom stereocenters. The van der Waals surface area contributed by atoms with E-state index in [2.05, 4.69) is 140 Å². The van der Waals surface area contributed by atoms with E-state index >= 15 is 0 Å². The first-order valence-corrected chi connectivity index (χ1v) is 19.9. The van der Waals surface area contributed by atoms with Crippen molar-refractivity contribution in [3.8, 4) is 34.1 Å². The van der Waals surface area contributed by atoms with Crippen molar-refractivity contribution in [2.75, 3.05) is 9.80 Å². The van der Waals surface area contributed by atoms with Gasteiger partial charge in [-0.05, 0) is 119 Å². The van der Waals surface area contributed by atoms with Crippen LogP contribution in [0.1, 0.15) is 65.2 Å². The molecule has 1 spiro atoms. The molecule has 0 atom stereocenters. The standard InChI is InChI=1S/C55H36N2O2/c1-35-33-39(56-51-25-13-10-22-48(51)55(49-23-11-14-26-52(49)56)46-20-8-5-16-42(46)43-17-6-9-21-47(43)55)34-36(2)40(35)32-29-37-27-30-38(31-28-37)41-15-7-12-24-50(41)57-53(58)44-18-3-4-19-45(44)54(57)59/h3-28,30-31,33-34H,1-2H3. The van der Waals surface area contributed by atoms with Crippen LogP contribution in [-0.4, -0.2) is 11.8 Å². The molecule has 3 aliphatic rings. The number of hydrogen-bond donors (Lipinski definition) is 0. The van der Waals surface area contributed by atoms with Crippen LogP contribution in [0.15, 0.2) is 182 Å². The van der Waals surface area contributed by atoms with Gasteiger partial charge in [0, 0.05) is 22.4 Å². The van der Waals surface area contributed by atoms with E-state index in [1.54, 1.807) is 24.3 Å². The van der Waals surface area contributed by atoms with Crippen LogP contribution in [0.5, 0.6) is 0 Å². The van der Waals surface area contributed by atoms with Crippen LogP contribution in [0, 0.1) is 25.7 Å². The minimum atomic E-state index is -0.446. The molecule has 8 aromatic carbocycles. The molecule has 1 aliphatic carbocycles. The Morgan fingerprint density at radius 3 is 1.36 bits per heavy atom. The highest BCUT2D eigenvalue weighted by Crippen LogP contribution is 2.63. The Morgan fingerprint density at radius 2 is 0.831 bits per heavy atom. The summed E-state index contributed by atoms with van der Waals surface area (Å²) in [5, 5.41) is 0. The van der Waals surface area contributed by atoms with E-state index in [9.17, 15) is 9.59 Å². The van der Waals surface area contributed by atoms with E-state index in [4.69, 9.17) is 0 Å². The maximum atomic E-state index is 13.4. The third-order valence-electron chi connectivity index (χ3n) is 12.3. The Morgan fingerprint density at radius 1 is 0.407 bits per heavy atom. The number of aryl methyl sites for hydroxylation is 2. The largest absolute Gasteiger partial charge is 0.310 e. The number of carbonyl (C=O) groups is 2. The number of benzene rings is 8. The lowest BCUT2D eigenvalue weighted by atomic mass is 9.64. The first-order valence-electron chi connectivity index (χ1n) is 19.9. The number of para-hydroxylation sites is 3. The molecule has 2 amide bonds. The second kappa shape index (κ2) is 13.2. The Balaban J connectivity index is 0.945. The molecule has 2 heterocycles. The van der Waals surface area contributed by atoms with E-state index in [0.29, 0.717) is 16.8 Å². The number of hydrogen-bond acceptors (Lipinski definition) is 3. The van der Waals surface area contributed by atoms with Gasteiger partial charge in [-0.3, -0.25) is 9.59 Å². The zero-order valence-corrected chi connectivity index (χ0v) is 32.5. The van der Waals surface area contributed by atoms with Crippen molar-refractivity contribution in [3.05, 3.63) is 238 Å². The van der Waals surface area contributed by atoms with Crippen LogP contribution in [-0.2, 0) is 5.41 Å². The highest BCUT2D eigenvalue weighted by atomic mass is 16.2. The van der Waals surface area contributed by atoms with E-state index < -0.39 is 5.41 Å². The van der Waals surface area contributed by atoms with Gasteiger partial charge in [0.1, 0.15) is 0 Å². The summed E-state index contributed by atoms with van der Waals surface area (Å²) in [5.74, 6) is 6.30. The minimum Gasteiger partial charge on any atom is -0.310 e. The molecule has 11 rings (SSSR count). The second-order valence-corrected chi connectivity index (χ2v) is 15.5. The summed E-state index contributed by atoms with van der Waals surface area (Å²) in [7, 11) is 0. The number of nitrogens with zero attached hydrogens (tertiary/aromatic N) is 2. The van der Waals surface area contributed by atoms with E-state index in [1.165, 1.54) is 49.7 Å². The summed E-state index contributed by atoms with van der Waals surface area (Å²) < 4.78 is 0. The lowest BCUT2D eigenvalue weighted by molar-refractivity contribution is 0.0926. The predicted molar refractivity (Wildman–Crippen MR) is 237 cm³/mol. The Hall–Kier alpha value is -7.74. The molecule has 0 radical (unpaired) electrons. The quantitative estimate of drug-likeness (QED) is 0.133. The van der Waals surface area contributed by atoms with E-state index in [0.717, 1.165) is 39.1 Å². The molecule has 0 bridgehead atoms. The average Bonchev–Trinajstić information content (AvgIpc) is 3.71. The number of rotatable bonds is 3. The molecular formula is C55H36N2O2. The third-order valence-corrected chi connectivity index (χ3v) is 12.3. The number of fused-ring (bicyclic) bond motifs is 10. The third kappa shape index (κ3) is 4.98. The summed E-state index contributed by atoms with van der Waals surface area (Å²) in [6, 6.07) is 62.6. The lowest BCUT2D eigenvalue weighted by Gasteiger charge is -2.45. The van der Waals surface area contributed by atoms with Crippen LogP contribution in [0.3, 0.4) is 0 Å². The van der Waals surface area contributed by atoms with Gasteiger partial charge in [-0.2, -0.15) is 0 Å². The van der Waals surface area contributed by atoms with Gasteiger partial charge < -0.3 is 4.90 Å². The zero-order valence-electron chi connectivity index (χ0n) is 32.5.